The molecule has 0 aliphatic heterocycles. The second kappa shape index (κ2) is 10.3. The van der Waals surface area contributed by atoms with Crippen LogP contribution in [0.5, 0.6) is 17.2 Å². The lowest BCUT2D eigenvalue weighted by atomic mass is 10.1. The number of rotatable bonds is 10. The maximum Gasteiger partial charge on any atom is 0.255 e. The maximum absolute atomic E-state index is 12.9. The zero-order chi connectivity index (χ0) is 22.3. The molecule has 2 rings (SSSR count). The zero-order valence-electron chi connectivity index (χ0n) is 17.9. The highest BCUT2D eigenvalue weighted by Crippen LogP contribution is 2.39. The molecule has 0 aromatic heterocycles. The molecular weight excluding hydrogens is 408 g/mol. The summed E-state index contributed by atoms with van der Waals surface area (Å²) < 4.78 is 42.7. The fourth-order valence-corrected chi connectivity index (χ4v) is 3.62. The summed E-state index contributed by atoms with van der Waals surface area (Å²) in [6, 6.07) is 9.23. The molecule has 0 bridgehead atoms. The number of ether oxygens (including phenoxy) is 3. The number of sulfonamides is 1. The Bertz CT molecular complexity index is 962. The van der Waals surface area contributed by atoms with Crippen LogP contribution in [0.1, 0.15) is 31.1 Å². The molecule has 9 heteroatoms. The third kappa shape index (κ3) is 5.43. The lowest BCUT2D eigenvalue weighted by Crippen LogP contribution is -2.22. The summed E-state index contributed by atoms with van der Waals surface area (Å²) in [7, 11) is -0.716. The van der Waals surface area contributed by atoms with Gasteiger partial charge in [0.15, 0.2) is 11.5 Å². The highest BCUT2D eigenvalue weighted by molar-refractivity contribution is 7.89. The minimum Gasteiger partial charge on any atom is -0.490 e. The molecule has 0 atom stereocenters. The van der Waals surface area contributed by atoms with Gasteiger partial charge in [0, 0.05) is 25.3 Å². The number of hydrogen-bond acceptors (Lipinski definition) is 6. The van der Waals surface area contributed by atoms with Gasteiger partial charge in [-0.05, 0) is 51.1 Å². The van der Waals surface area contributed by atoms with E-state index in [-0.39, 0.29) is 4.90 Å². The number of nitrogens with zero attached hydrogens (tertiary/aromatic N) is 1. The van der Waals surface area contributed by atoms with Gasteiger partial charge in [-0.3, -0.25) is 4.79 Å². The van der Waals surface area contributed by atoms with Crippen LogP contribution in [0.4, 0.5) is 5.69 Å². The molecule has 0 spiro atoms. The summed E-state index contributed by atoms with van der Waals surface area (Å²) in [4.78, 5) is 13.0. The van der Waals surface area contributed by atoms with Crippen molar-refractivity contribution in [2.24, 2.45) is 0 Å². The number of nitrogens with one attached hydrogen (secondary N) is 1. The zero-order valence-corrected chi connectivity index (χ0v) is 18.7. The Balaban J connectivity index is 2.39. The van der Waals surface area contributed by atoms with Crippen LogP contribution >= 0.6 is 0 Å². The van der Waals surface area contributed by atoms with E-state index in [9.17, 15) is 13.2 Å². The summed E-state index contributed by atoms with van der Waals surface area (Å²) >= 11 is 0. The van der Waals surface area contributed by atoms with Crippen molar-refractivity contribution in [1.82, 2.24) is 4.31 Å². The first kappa shape index (κ1) is 23.5. The molecule has 0 radical (unpaired) electrons. The Kier molecular flexibility index (Phi) is 8.08. The second-order valence-electron chi connectivity index (χ2n) is 6.37. The molecule has 164 valence electrons. The van der Waals surface area contributed by atoms with Crippen LogP contribution in [0.15, 0.2) is 41.3 Å². The van der Waals surface area contributed by atoms with E-state index in [1.165, 1.54) is 26.2 Å². The van der Waals surface area contributed by atoms with Crippen molar-refractivity contribution in [3.8, 4) is 17.2 Å². The van der Waals surface area contributed by atoms with Crippen molar-refractivity contribution in [1.29, 1.82) is 0 Å². The Morgan fingerprint density at radius 2 is 1.50 bits per heavy atom. The smallest absolute Gasteiger partial charge is 0.255 e. The first-order valence-electron chi connectivity index (χ1n) is 9.64. The van der Waals surface area contributed by atoms with E-state index in [0.717, 1.165) is 4.31 Å². The van der Waals surface area contributed by atoms with Crippen LogP contribution in [-0.4, -0.2) is 52.5 Å². The van der Waals surface area contributed by atoms with Crippen LogP contribution in [0.2, 0.25) is 0 Å². The largest absolute Gasteiger partial charge is 0.490 e. The second-order valence-corrected chi connectivity index (χ2v) is 8.52. The minimum absolute atomic E-state index is 0.0852. The molecule has 8 nitrogen and oxygen atoms in total. The summed E-state index contributed by atoms with van der Waals surface area (Å²) in [5.74, 6) is 0.815. The number of carbonyl (C=O) groups excluding carboxylic acids is 1. The average Bonchev–Trinajstić information content (AvgIpc) is 2.70. The van der Waals surface area contributed by atoms with E-state index in [4.69, 9.17) is 14.2 Å². The van der Waals surface area contributed by atoms with Crippen molar-refractivity contribution >= 4 is 21.6 Å². The monoisotopic (exact) mass is 436 g/mol. The number of amides is 1. The number of hydrogen-bond donors (Lipinski definition) is 1. The third-order valence-corrected chi connectivity index (χ3v) is 5.85. The Morgan fingerprint density at radius 1 is 0.933 bits per heavy atom. The van der Waals surface area contributed by atoms with Gasteiger partial charge in [-0.15, -0.1) is 0 Å². The highest BCUT2D eigenvalue weighted by Gasteiger charge is 2.20. The maximum atomic E-state index is 12.9. The van der Waals surface area contributed by atoms with Crippen molar-refractivity contribution in [2.45, 2.75) is 25.7 Å². The first-order chi connectivity index (χ1) is 14.2. The van der Waals surface area contributed by atoms with Crippen molar-refractivity contribution in [3.05, 3.63) is 42.0 Å². The van der Waals surface area contributed by atoms with Gasteiger partial charge in [-0.25, -0.2) is 12.7 Å². The molecule has 0 heterocycles. The van der Waals surface area contributed by atoms with Gasteiger partial charge in [0.1, 0.15) is 0 Å². The standard InChI is InChI=1S/C21H28N2O6S/c1-6-27-18-12-15(13-19(28-7-2)20(18)29-8-3)21(24)22-16-10-9-11-17(14-16)30(25,26)23(4)5/h9-14H,6-8H2,1-5H3,(H,22,24). The molecule has 0 saturated heterocycles. The predicted molar refractivity (Wildman–Crippen MR) is 115 cm³/mol. The van der Waals surface area contributed by atoms with E-state index in [2.05, 4.69) is 5.32 Å². The van der Waals surface area contributed by atoms with Crippen LogP contribution < -0.4 is 19.5 Å². The fourth-order valence-electron chi connectivity index (χ4n) is 2.67. The Labute approximate surface area is 177 Å². The van der Waals surface area contributed by atoms with Gasteiger partial charge in [0.2, 0.25) is 15.8 Å². The van der Waals surface area contributed by atoms with Gasteiger partial charge < -0.3 is 19.5 Å². The summed E-state index contributed by atoms with van der Waals surface area (Å²) in [5.41, 5.74) is 0.652. The fraction of sp³-hybridized carbons (Fsp3) is 0.381. The Hall–Kier alpha value is -2.78. The van der Waals surface area contributed by atoms with Crippen molar-refractivity contribution in [3.63, 3.8) is 0 Å². The molecule has 0 aliphatic carbocycles. The number of benzene rings is 2. The molecule has 0 unspecified atom stereocenters. The molecule has 2 aromatic carbocycles. The quantitative estimate of drug-likeness (QED) is 0.614. The summed E-state index contributed by atoms with van der Waals surface area (Å²) in [6.45, 7) is 6.71. The molecule has 1 N–H and O–H groups in total. The van der Waals surface area contributed by atoms with Gasteiger partial charge >= 0.3 is 0 Å². The van der Waals surface area contributed by atoms with Crippen LogP contribution in [0.25, 0.3) is 0 Å². The molecular formula is C21H28N2O6S. The number of anilines is 1. The lowest BCUT2D eigenvalue weighted by Gasteiger charge is -2.17. The molecule has 1 amide bonds. The predicted octanol–water partition coefficient (Wildman–Crippen LogP) is 3.39. The summed E-state index contributed by atoms with van der Waals surface area (Å²) in [5, 5.41) is 2.73. The molecule has 0 aliphatic rings. The van der Waals surface area contributed by atoms with Crippen molar-refractivity contribution < 1.29 is 27.4 Å². The molecule has 30 heavy (non-hydrogen) atoms. The average molecular weight is 437 g/mol. The van der Waals surface area contributed by atoms with E-state index < -0.39 is 15.9 Å². The summed E-state index contributed by atoms with van der Waals surface area (Å²) in [6.07, 6.45) is 0. The van der Waals surface area contributed by atoms with E-state index in [1.54, 1.807) is 24.3 Å². The molecule has 0 saturated carbocycles. The molecule has 2 aromatic rings. The van der Waals surface area contributed by atoms with E-state index in [1.807, 2.05) is 20.8 Å². The van der Waals surface area contributed by atoms with Gasteiger partial charge in [-0.1, -0.05) is 6.07 Å². The third-order valence-electron chi connectivity index (χ3n) is 4.04. The van der Waals surface area contributed by atoms with E-state index >= 15 is 0 Å². The van der Waals surface area contributed by atoms with Crippen molar-refractivity contribution in [2.75, 3.05) is 39.2 Å². The van der Waals surface area contributed by atoms with Crippen LogP contribution in [0, 0.1) is 0 Å². The minimum atomic E-state index is -3.61. The van der Waals surface area contributed by atoms with Crippen LogP contribution in [0.3, 0.4) is 0 Å². The topological polar surface area (TPSA) is 94.2 Å². The number of carbonyl (C=O) groups is 1. The van der Waals surface area contributed by atoms with Gasteiger partial charge in [0.05, 0.1) is 24.7 Å². The highest BCUT2D eigenvalue weighted by atomic mass is 32.2. The van der Waals surface area contributed by atoms with Crippen LogP contribution in [-0.2, 0) is 10.0 Å². The lowest BCUT2D eigenvalue weighted by molar-refractivity contribution is 0.102. The van der Waals surface area contributed by atoms with E-state index in [0.29, 0.717) is 48.3 Å². The Morgan fingerprint density at radius 3 is 2.00 bits per heavy atom. The van der Waals surface area contributed by atoms with Gasteiger partial charge in [-0.2, -0.15) is 0 Å². The first-order valence-corrected chi connectivity index (χ1v) is 11.1. The SMILES string of the molecule is CCOc1cc(C(=O)Nc2cccc(S(=O)(=O)N(C)C)c2)cc(OCC)c1OCC. The van der Waals surface area contributed by atoms with Gasteiger partial charge in [0.25, 0.3) is 5.91 Å². The molecule has 0 fully saturated rings. The normalized spacial score (nSPS) is 11.3.